The number of hydrogen-bond acceptors (Lipinski definition) is 4. The van der Waals surface area contributed by atoms with Crippen LogP contribution in [0.2, 0.25) is 0 Å². The van der Waals surface area contributed by atoms with Crippen LogP contribution < -0.4 is 10.6 Å². The van der Waals surface area contributed by atoms with Crippen LogP contribution in [0.5, 0.6) is 0 Å². The lowest BCUT2D eigenvalue weighted by Gasteiger charge is -2.30. The third kappa shape index (κ3) is 2.77. The van der Waals surface area contributed by atoms with Gasteiger partial charge in [0.1, 0.15) is 5.82 Å². The zero-order chi connectivity index (χ0) is 14.1. The van der Waals surface area contributed by atoms with E-state index in [1.54, 1.807) is 25.2 Å². The smallest absolute Gasteiger partial charge is 0.254 e. The molecule has 1 aromatic rings. The van der Waals surface area contributed by atoms with Gasteiger partial charge in [-0.3, -0.25) is 4.79 Å². The van der Waals surface area contributed by atoms with Crippen LogP contribution in [0.1, 0.15) is 36.0 Å². The highest BCUT2D eigenvalue weighted by Crippen LogP contribution is 2.28. The fourth-order valence-corrected chi connectivity index (χ4v) is 3.25. The van der Waals surface area contributed by atoms with E-state index in [0.29, 0.717) is 23.7 Å². The molecule has 0 radical (unpaired) electrons. The molecular weight excluding hydrogens is 252 g/mol. The number of amides is 1. The van der Waals surface area contributed by atoms with E-state index in [0.717, 1.165) is 18.7 Å². The lowest BCUT2D eigenvalue weighted by molar-refractivity contribution is 0.0827. The molecule has 5 heteroatoms. The summed E-state index contributed by atoms with van der Waals surface area (Å²) in [6.45, 7) is 0. The maximum Gasteiger partial charge on any atom is 0.254 e. The lowest BCUT2D eigenvalue weighted by Crippen LogP contribution is -2.43. The van der Waals surface area contributed by atoms with Gasteiger partial charge in [-0.15, -0.1) is 0 Å². The molecule has 2 aliphatic rings. The molecule has 2 aliphatic heterocycles. The summed E-state index contributed by atoms with van der Waals surface area (Å²) in [4.78, 5) is 17.7. The summed E-state index contributed by atoms with van der Waals surface area (Å²) in [5.41, 5.74) is 0.630. The summed E-state index contributed by atoms with van der Waals surface area (Å²) >= 11 is 0. The lowest BCUT2D eigenvalue weighted by atomic mass is 10.00. The molecule has 5 nitrogen and oxygen atoms in total. The van der Waals surface area contributed by atoms with Crippen LogP contribution in [0.25, 0.3) is 0 Å². The van der Waals surface area contributed by atoms with Crippen molar-refractivity contribution in [2.24, 2.45) is 0 Å². The van der Waals surface area contributed by atoms with Gasteiger partial charge in [-0.1, -0.05) is 0 Å². The van der Waals surface area contributed by atoms with Crippen molar-refractivity contribution in [1.82, 2.24) is 15.2 Å². The normalized spacial score (nSPS) is 28.2. The molecule has 2 unspecified atom stereocenters. The summed E-state index contributed by atoms with van der Waals surface area (Å²) in [6, 6.07) is 5.58. The van der Waals surface area contributed by atoms with Crippen molar-refractivity contribution in [1.29, 1.82) is 0 Å². The van der Waals surface area contributed by atoms with Gasteiger partial charge in [0.05, 0.1) is 5.56 Å². The first-order valence-electron chi connectivity index (χ1n) is 7.32. The van der Waals surface area contributed by atoms with Gasteiger partial charge in [0, 0.05) is 38.4 Å². The number of hydrogen-bond donors (Lipinski definition) is 2. The average molecular weight is 274 g/mol. The number of carbonyl (C=O) groups is 1. The minimum Gasteiger partial charge on any atom is -0.367 e. The van der Waals surface area contributed by atoms with Crippen molar-refractivity contribution >= 4 is 11.7 Å². The molecule has 2 saturated heterocycles. The van der Waals surface area contributed by atoms with E-state index in [2.05, 4.69) is 15.6 Å². The minimum atomic E-state index is -0.0102. The molecular formula is C15H22N4O. The Balaban J connectivity index is 1.62. The quantitative estimate of drug-likeness (QED) is 0.876. The van der Waals surface area contributed by atoms with Gasteiger partial charge in [0.2, 0.25) is 0 Å². The zero-order valence-corrected chi connectivity index (χ0v) is 12.1. The Labute approximate surface area is 119 Å². The fourth-order valence-electron chi connectivity index (χ4n) is 3.25. The van der Waals surface area contributed by atoms with Gasteiger partial charge in [0.25, 0.3) is 5.91 Å². The third-order valence-electron chi connectivity index (χ3n) is 4.24. The van der Waals surface area contributed by atoms with Crippen molar-refractivity contribution in [2.45, 2.75) is 43.8 Å². The van der Waals surface area contributed by atoms with Crippen molar-refractivity contribution < 1.29 is 4.79 Å². The van der Waals surface area contributed by atoms with Gasteiger partial charge < -0.3 is 15.5 Å². The van der Waals surface area contributed by atoms with Crippen molar-refractivity contribution in [2.75, 3.05) is 19.4 Å². The highest BCUT2D eigenvalue weighted by atomic mass is 16.2. The number of aromatic nitrogens is 1. The average Bonchev–Trinajstić information content (AvgIpc) is 2.78. The summed E-state index contributed by atoms with van der Waals surface area (Å²) in [6.07, 6.45) is 6.58. The van der Waals surface area contributed by atoms with Gasteiger partial charge in [-0.05, 0) is 37.8 Å². The largest absolute Gasteiger partial charge is 0.367 e. The second-order valence-electron chi connectivity index (χ2n) is 6.08. The summed E-state index contributed by atoms with van der Waals surface area (Å²) in [5.74, 6) is 0.857. The molecule has 3 heterocycles. The summed E-state index contributed by atoms with van der Waals surface area (Å²) in [7, 11) is 3.50. The van der Waals surface area contributed by atoms with E-state index in [1.165, 1.54) is 12.8 Å². The number of anilines is 1. The van der Waals surface area contributed by atoms with Crippen molar-refractivity contribution in [3.63, 3.8) is 0 Å². The molecule has 3 rings (SSSR count). The molecule has 2 fully saturated rings. The fraction of sp³-hybridized carbons (Fsp3) is 0.600. The Hall–Kier alpha value is -1.62. The van der Waals surface area contributed by atoms with Gasteiger partial charge in [0.15, 0.2) is 0 Å². The molecule has 108 valence electrons. The first-order valence-corrected chi connectivity index (χ1v) is 7.32. The van der Waals surface area contributed by atoms with E-state index < -0.39 is 0 Å². The number of rotatable bonds is 3. The maximum absolute atomic E-state index is 11.8. The topological polar surface area (TPSA) is 57.3 Å². The van der Waals surface area contributed by atoms with Gasteiger partial charge in [-0.25, -0.2) is 4.98 Å². The standard InChI is InChI=1S/C15H22N4O/c1-19(2)15(20)10-3-6-14(16-9-10)18-13-7-11-4-5-12(8-13)17-11/h3,6,9,11-13,17H,4-5,7-8H2,1-2H3,(H,16,18). The van der Waals surface area contributed by atoms with E-state index in [4.69, 9.17) is 0 Å². The highest BCUT2D eigenvalue weighted by Gasteiger charge is 2.33. The Kier molecular flexibility index (Phi) is 3.61. The van der Waals surface area contributed by atoms with E-state index >= 15 is 0 Å². The predicted octanol–water partition coefficient (Wildman–Crippen LogP) is 1.48. The molecule has 2 N–H and O–H groups in total. The van der Waals surface area contributed by atoms with Crippen LogP contribution in [0.3, 0.4) is 0 Å². The molecule has 0 spiro atoms. The second-order valence-corrected chi connectivity index (χ2v) is 6.08. The number of nitrogens with zero attached hydrogens (tertiary/aromatic N) is 2. The second kappa shape index (κ2) is 5.40. The molecule has 0 aromatic carbocycles. The molecule has 20 heavy (non-hydrogen) atoms. The first-order chi connectivity index (χ1) is 9.61. The Morgan fingerprint density at radius 3 is 2.55 bits per heavy atom. The van der Waals surface area contributed by atoms with Crippen LogP contribution in [0.15, 0.2) is 18.3 Å². The van der Waals surface area contributed by atoms with Crippen LogP contribution in [0.4, 0.5) is 5.82 Å². The van der Waals surface area contributed by atoms with E-state index in [-0.39, 0.29) is 5.91 Å². The molecule has 0 saturated carbocycles. The number of pyridine rings is 1. The van der Waals surface area contributed by atoms with Crippen LogP contribution in [-0.4, -0.2) is 48.0 Å². The summed E-state index contributed by atoms with van der Waals surface area (Å²) in [5, 5.41) is 7.13. The molecule has 2 atom stereocenters. The Morgan fingerprint density at radius 2 is 2.00 bits per heavy atom. The molecule has 1 amide bonds. The monoisotopic (exact) mass is 274 g/mol. The van der Waals surface area contributed by atoms with Crippen LogP contribution >= 0.6 is 0 Å². The third-order valence-corrected chi connectivity index (χ3v) is 4.24. The molecule has 0 aliphatic carbocycles. The highest BCUT2D eigenvalue weighted by molar-refractivity contribution is 5.93. The minimum absolute atomic E-state index is 0.0102. The Morgan fingerprint density at radius 1 is 1.30 bits per heavy atom. The molecule has 2 bridgehead atoms. The first kappa shape index (κ1) is 13.4. The van der Waals surface area contributed by atoms with Gasteiger partial charge in [-0.2, -0.15) is 0 Å². The summed E-state index contributed by atoms with van der Waals surface area (Å²) < 4.78 is 0. The van der Waals surface area contributed by atoms with Gasteiger partial charge >= 0.3 is 0 Å². The van der Waals surface area contributed by atoms with Crippen molar-refractivity contribution in [3.8, 4) is 0 Å². The molecule has 1 aromatic heterocycles. The van der Waals surface area contributed by atoms with Crippen molar-refractivity contribution in [3.05, 3.63) is 23.9 Å². The Bertz CT molecular complexity index is 473. The maximum atomic E-state index is 11.8. The van der Waals surface area contributed by atoms with E-state index in [9.17, 15) is 4.79 Å². The van der Waals surface area contributed by atoms with Crippen LogP contribution in [-0.2, 0) is 0 Å². The zero-order valence-electron chi connectivity index (χ0n) is 12.1. The number of carbonyl (C=O) groups excluding carboxylic acids is 1. The number of nitrogens with one attached hydrogen (secondary N) is 2. The predicted molar refractivity (Wildman–Crippen MR) is 78.8 cm³/mol. The SMILES string of the molecule is CN(C)C(=O)c1ccc(NC2CC3CCC(C2)N3)nc1. The van der Waals surface area contributed by atoms with E-state index in [1.807, 2.05) is 12.1 Å². The number of piperidine rings is 1. The van der Waals surface area contributed by atoms with Crippen LogP contribution in [0, 0.1) is 0 Å². The number of fused-ring (bicyclic) bond motifs is 2.